The van der Waals surface area contributed by atoms with Crippen LogP contribution in [0.25, 0.3) is 0 Å². The van der Waals surface area contributed by atoms with Gasteiger partial charge in [0.15, 0.2) is 24.7 Å². The monoisotopic (exact) mass is 868 g/mol. The average Bonchev–Trinajstić information content (AvgIpc) is 3.69. The smallest absolute Gasteiger partial charge is 0.187 e. The van der Waals surface area contributed by atoms with Crippen LogP contribution in [0.3, 0.4) is 0 Å². The molecule has 16 heteroatoms. The highest BCUT2D eigenvalue weighted by molar-refractivity contribution is 5.26. The Balaban J connectivity index is 0.916. The van der Waals surface area contributed by atoms with Crippen molar-refractivity contribution in [1.82, 2.24) is 0 Å². The van der Waals surface area contributed by atoms with Crippen molar-refractivity contribution in [2.45, 2.75) is 209 Å². The van der Waals surface area contributed by atoms with Crippen molar-refractivity contribution in [3.8, 4) is 0 Å². The van der Waals surface area contributed by atoms with Crippen LogP contribution >= 0.6 is 0 Å². The fourth-order valence-electron chi connectivity index (χ4n) is 14.0. The number of allylic oxidation sites excluding steroid dienone is 1. The molecular weight excluding hydrogens is 796 g/mol. The van der Waals surface area contributed by atoms with Gasteiger partial charge in [-0.1, -0.05) is 39.3 Å². The van der Waals surface area contributed by atoms with Gasteiger partial charge in [-0.25, -0.2) is 0 Å². The summed E-state index contributed by atoms with van der Waals surface area (Å²) in [6.07, 6.45) is -10.4. The second-order valence-electron chi connectivity index (χ2n) is 21.1. The zero-order chi connectivity index (χ0) is 43.5. The van der Waals surface area contributed by atoms with Crippen LogP contribution in [0.1, 0.15) is 99.3 Å². The fourth-order valence-corrected chi connectivity index (χ4v) is 14.0. The highest BCUT2D eigenvalue weighted by atomic mass is 16.8. The Bertz CT molecular complexity index is 1590. The van der Waals surface area contributed by atoms with Crippen molar-refractivity contribution >= 4 is 0 Å². The van der Waals surface area contributed by atoms with Gasteiger partial charge in [-0.2, -0.15) is 0 Å². The first-order valence-electron chi connectivity index (χ1n) is 23.2. The Labute approximate surface area is 358 Å². The summed E-state index contributed by atoms with van der Waals surface area (Å²) in [5, 5.41) is 85.9. The predicted octanol–water partition coefficient (Wildman–Crippen LogP) is 1.24. The van der Waals surface area contributed by atoms with Crippen LogP contribution in [0.4, 0.5) is 0 Å². The maximum Gasteiger partial charge on any atom is 0.187 e. The van der Waals surface area contributed by atoms with E-state index in [-0.39, 0.29) is 23.0 Å². The standard InChI is InChI=1S/C45H72O16/c1-19-9-14-45(54-18-19)20(2)30-28(61-45)16-27-25-8-7-23-15-24(10-12-43(23,5)26(25)11-13-44(27,30)6)57-42-39(60-41-36(52)34(50)32(48)22(4)56-41)37(53)38(29(17-46)58-42)59-40-35(51)33(49)31(47)21(3)55-40/h7,19-22,24-42,46-53H,8-18H2,1-6H3/t19-,20-,21-,22-,24+,25+,26-,27-,28-,29+,30-,31+,32-,33-,34+,35+,36+,37-,38+,39+,40+,41+,42+,43-,44-,45+/m1/s1. The van der Waals surface area contributed by atoms with E-state index in [1.165, 1.54) is 25.8 Å². The first-order chi connectivity index (χ1) is 28.9. The maximum absolute atomic E-state index is 12.0. The minimum Gasteiger partial charge on any atom is -0.394 e. The van der Waals surface area contributed by atoms with Crippen LogP contribution in [-0.2, 0) is 37.9 Å². The van der Waals surface area contributed by atoms with E-state index in [4.69, 9.17) is 37.9 Å². The summed E-state index contributed by atoms with van der Waals surface area (Å²) in [4.78, 5) is 0. The molecule has 0 radical (unpaired) electrons. The molecule has 3 saturated carbocycles. The minimum absolute atomic E-state index is 0.0171. The lowest BCUT2D eigenvalue weighted by Crippen LogP contribution is -2.66. The van der Waals surface area contributed by atoms with E-state index in [1.807, 2.05) is 0 Å². The molecule has 5 heterocycles. The fraction of sp³-hybridized carbons (Fsp3) is 0.956. The third kappa shape index (κ3) is 7.42. The Kier molecular flexibility index (Phi) is 12.4. The van der Waals surface area contributed by atoms with Crippen LogP contribution in [0, 0.1) is 46.3 Å². The molecule has 8 fully saturated rings. The van der Waals surface area contributed by atoms with Crippen LogP contribution in [0.5, 0.6) is 0 Å². The highest BCUT2D eigenvalue weighted by Gasteiger charge is 2.69. The van der Waals surface area contributed by atoms with Gasteiger partial charge in [0, 0.05) is 12.3 Å². The molecule has 4 aliphatic carbocycles. The highest BCUT2D eigenvalue weighted by Crippen LogP contribution is 2.70. The number of aliphatic hydroxyl groups excluding tert-OH is 8. The van der Waals surface area contributed by atoms with Crippen molar-refractivity contribution in [3.05, 3.63) is 11.6 Å². The van der Waals surface area contributed by atoms with Gasteiger partial charge in [0.2, 0.25) is 0 Å². The quantitative estimate of drug-likeness (QED) is 0.168. The molecule has 9 aliphatic rings. The predicted molar refractivity (Wildman–Crippen MR) is 213 cm³/mol. The third-order valence-corrected chi connectivity index (χ3v) is 17.6. The van der Waals surface area contributed by atoms with Crippen LogP contribution in [-0.4, -0.2) is 164 Å². The summed E-state index contributed by atoms with van der Waals surface area (Å²) in [6.45, 7) is 12.7. The summed E-state index contributed by atoms with van der Waals surface area (Å²) >= 11 is 0. The van der Waals surface area contributed by atoms with E-state index in [9.17, 15) is 40.9 Å². The lowest BCUT2D eigenvalue weighted by molar-refractivity contribution is -0.388. The molecule has 5 aliphatic heterocycles. The summed E-state index contributed by atoms with van der Waals surface area (Å²) in [6, 6.07) is 0. The number of hydrogen-bond acceptors (Lipinski definition) is 16. The molecule has 5 saturated heterocycles. The third-order valence-electron chi connectivity index (χ3n) is 17.6. The Morgan fingerprint density at radius 1 is 0.689 bits per heavy atom. The van der Waals surface area contributed by atoms with Gasteiger partial charge in [0.1, 0.15) is 61.0 Å². The van der Waals surface area contributed by atoms with E-state index >= 15 is 0 Å². The first-order valence-corrected chi connectivity index (χ1v) is 23.2. The summed E-state index contributed by atoms with van der Waals surface area (Å²) in [5.41, 5.74) is 1.53. The number of ether oxygens (including phenoxy) is 8. The lowest BCUT2D eigenvalue weighted by Gasteiger charge is -2.58. The number of rotatable bonds is 7. The second-order valence-corrected chi connectivity index (χ2v) is 21.1. The first kappa shape index (κ1) is 45.3. The molecule has 8 N–H and O–H groups in total. The summed E-state index contributed by atoms with van der Waals surface area (Å²) in [5.74, 6) is 2.64. The zero-order valence-corrected chi connectivity index (χ0v) is 36.5. The van der Waals surface area contributed by atoms with Crippen molar-refractivity contribution in [2.24, 2.45) is 46.3 Å². The lowest BCUT2D eigenvalue weighted by atomic mass is 9.47. The molecule has 61 heavy (non-hydrogen) atoms. The molecule has 16 nitrogen and oxygen atoms in total. The molecule has 0 unspecified atom stereocenters. The van der Waals surface area contributed by atoms with E-state index in [0.29, 0.717) is 48.3 Å². The van der Waals surface area contributed by atoms with Crippen LogP contribution in [0.15, 0.2) is 11.6 Å². The van der Waals surface area contributed by atoms with Gasteiger partial charge in [0.25, 0.3) is 0 Å². The number of aliphatic hydroxyl groups is 8. The molecule has 0 aromatic rings. The van der Waals surface area contributed by atoms with Crippen LogP contribution in [0.2, 0.25) is 0 Å². The molecule has 0 amide bonds. The molecule has 0 bridgehead atoms. The molecule has 9 rings (SSSR count). The van der Waals surface area contributed by atoms with Gasteiger partial charge in [0.05, 0.1) is 37.6 Å². The van der Waals surface area contributed by atoms with Crippen molar-refractivity contribution < 1.29 is 78.7 Å². The second kappa shape index (κ2) is 16.8. The number of hydrogen-bond donors (Lipinski definition) is 8. The summed E-state index contributed by atoms with van der Waals surface area (Å²) < 4.78 is 50.1. The summed E-state index contributed by atoms with van der Waals surface area (Å²) in [7, 11) is 0. The van der Waals surface area contributed by atoms with Gasteiger partial charge in [-0.15, -0.1) is 0 Å². The Morgan fingerprint density at radius 3 is 1.97 bits per heavy atom. The van der Waals surface area contributed by atoms with Gasteiger partial charge in [-0.3, -0.25) is 0 Å². The van der Waals surface area contributed by atoms with E-state index < -0.39 is 105 Å². The molecule has 348 valence electrons. The molecule has 0 aromatic carbocycles. The van der Waals surface area contributed by atoms with Crippen molar-refractivity contribution in [1.29, 1.82) is 0 Å². The normalized spacial score (nSPS) is 58.4. The topological polar surface area (TPSA) is 236 Å². The van der Waals surface area contributed by atoms with E-state index in [1.54, 1.807) is 0 Å². The molecule has 26 atom stereocenters. The molecule has 1 spiro atoms. The maximum atomic E-state index is 12.0. The Morgan fingerprint density at radius 2 is 1.34 bits per heavy atom. The molecular formula is C45H72O16. The van der Waals surface area contributed by atoms with Gasteiger partial charge < -0.3 is 78.7 Å². The molecule has 0 aromatic heterocycles. The van der Waals surface area contributed by atoms with Crippen molar-refractivity contribution in [2.75, 3.05) is 13.2 Å². The van der Waals surface area contributed by atoms with Gasteiger partial charge in [-0.05, 0) is 106 Å². The van der Waals surface area contributed by atoms with Crippen molar-refractivity contribution in [3.63, 3.8) is 0 Å². The Hall–Kier alpha value is -0.900. The van der Waals surface area contributed by atoms with E-state index in [2.05, 4.69) is 33.8 Å². The van der Waals surface area contributed by atoms with E-state index in [0.717, 1.165) is 45.1 Å². The van der Waals surface area contributed by atoms with Crippen LogP contribution < -0.4 is 0 Å². The zero-order valence-electron chi connectivity index (χ0n) is 36.5. The number of fused-ring (bicyclic) bond motifs is 7. The van der Waals surface area contributed by atoms with Gasteiger partial charge >= 0.3 is 0 Å². The average molecular weight is 869 g/mol. The minimum atomic E-state index is -1.71. The SMILES string of the molecule is C[C@@H]1CC[C@]2(OC1)O[C@@H]1C[C@@H]3[C@H]4CC=C5C[C@@H](O[C@H]6O[C@@H](CO)[C@H](O[C@@H]7O[C@H](C)[C@H](O)[C@@H](O)[C@@H]7O)[C@@H](O)[C@@H]6O[C@@H]6O[C@H](C)[C@@H](O)[C@H](O)[C@@H]6O)CC[C@@]5(C)[C@@H]4CC[C@@]3(C)[C@@H]1[C@H]2C. The largest absolute Gasteiger partial charge is 0.394 e.